The molecule has 0 radical (unpaired) electrons. The second-order valence-electron chi connectivity index (χ2n) is 4.77. The van der Waals surface area contributed by atoms with Crippen LogP contribution in [-0.2, 0) is 0 Å². The highest BCUT2D eigenvalue weighted by Gasteiger charge is 2.11. The molecule has 0 aliphatic heterocycles. The number of hydrogen-bond acceptors (Lipinski definition) is 4. The van der Waals surface area contributed by atoms with Gasteiger partial charge in [-0.3, -0.25) is 4.98 Å². The molecule has 5 heteroatoms. The maximum absolute atomic E-state index is 4.50. The maximum Gasteiger partial charge on any atom is 0.222 e. The molecule has 102 valence electrons. The standard InChI is InChI=1S/C16H13N5/c1-17-16-19-9-7-13(21-16)15-14-11(6-8-18-15)10-4-2-3-5-12(10)20-14/h2-9,20H,1H3,(H,17,19,21). The first kappa shape index (κ1) is 11.8. The molecule has 0 spiro atoms. The Kier molecular flexibility index (Phi) is 2.57. The second kappa shape index (κ2) is 4.56. The predicted octanol–water partition coefficient (Wildman–Crippen LogP) is 3.21. The minimum Gasteiger partial charge on any atom is -0.357 e. The van der Waals surface area contributed by atoms with Crippen molar-refractivity contribution in [3.05, 3.63) is 48.8 Å². The van der Waals surface area contributed by atoms with E-state index in [1.165, 1.54) is 5.39 Å². The Labute approximate surface area is 121 Å². The van der Waals surface area contributed by atoms with E-state index in [1.54, 1.807) is 13.2 Å². The number of H-pyrrole nitrogens is 1. The molecule has 4 rings (SSSR count). The van der Waals surface area contributed by atoms with Gasteiger partial charge >= 0.3 is 0 Å². The van der Waals surface area contributed by atoms with E-state index in [0.29, 0.717) is 5.95 Å². The van der Waals surface area contributed by atoms with Gasteiger partial charge in [0.2, 0.25) is 5.95 Å². The normalized spacial score (nSPS) is 11.1. The Morgan fingerprint density at radius 1 is 0.952 bits per heavy atom. The number of anilines is 1. The SMILES string of the molecule is CNc1nccc(-c2nccc3c2[nH]c2ccccc23)n1. The molecular formula is C16H13N5. The smallest absolute Gasteiger partial charge is 0.222 e. The highest BCUT2D eigenvalue weighted by Crippen LogP contribution is 2.30. The lowest BCUT2D eigenvalue weighted by Gasteiger charge is -2.03. The predicted molar refractivity (Wildman–Crippen MR) is 84.2 cm³/mol. The van der Waals surface area contributed by atoms with Crippen molar-refractivity contribution in [1.82, 2.24) is 19.9 Å². The summed E-state index contributed by atoms with van der Waals surface area (Å²) in [5.74, 6) is 0.586. The summed E-state index contributed by atoms with van der Waals surface area (Å²) in [6.45, 7) is 0. The number of nitrogens with one attached hydrogen (secondary N) is 2. The molecule has 0 saturated heterocycles. The lowest BCUT2D eigenvalue weighted by Crippen LogP contribution is -1.97. The molecule has 4 aromatic rings. The third-order valence-corrected chi connectivity index (χ3v) is 3.55. The third kappa shape index (κ3) is 1.82. The van der Waals surface area contributed by atoms with Crippen molar-refractivity contribution in [2.24, 2.45) is 0 Å². The van der Waals surface area contributed by atoms with Crippen LogP contribution in [0.3, 0.4) is 0 Å². The van der Waals surface area contributed by atoms with Crippen molar-refractivity contribution in [3.8, 4) is 11.4 Å². The summed E-state index contributed by atoms with van der Waals surface area (Å²) in [5.41, 5.74) is 3.73. The van der Waals surface area contributed by atoms with Gasteiger partial charge in [-0.1, -0.05) is 18.2 Å². The van der Waals surface area contributed by atoms with Crippen LogP contribution in [0.5, 0.6) is 0 Å². The van der Waals surface area contributed by atoms with Crippen LogP contribution in [0, 0.1) is 0 Å². The first-order chi connectivity index (χ1) is 10.4. The van der Waals surface area contributed by atoms with Crippen LogP contribution < -0.4 is 5.32 Å². The van der Waals surface area contributed by atoms with Crippen molar-refractivity contribution < 1.29 is 0 Å². The third-order valence-electron chi connectivity index (χ3n) is 3.55. The second-order valence-corrected chi connectivity index (χ2v) is 4.77. The van der Waals surface area contributed by atoms with Crippen LogP contribution in [0.2, 0.25) is 0 Å². The Morgan fingerprint density at radius 3 is 2.71 bits per heavy atom. The Balaban J connectivity index is 2.04. The molecule has 1 aromatic carbocycles. The molecule has 3 heterocycles. The molecule has 2 N–H and O–H groups in total. The fraction of sp³-hybridized carbons (Fsp3) is 0.0625. The van der Waals surface area contributed by atoms with Gasteiger partial charge in [-0.15, -0.1) is 0 Å². The highest BCUT2D eigenvalue weighted by molar-refractivity contribution is 6.10. The van der Waals surface area contributed by atoms with E-state index < -0.39 is 0 Å². The fourth-order valence-electron chi connectivity index (χ4n) is 2.58. The van der Waals surface area contributed by atoms with E-state index >= 15 is 0 Å². The summed E-state index contributed by atoms with van der Waals surface area (Å²) in [6.07, 6.45) is 3.55. The topological polar surface area (TPSA) is 66.5 Å². The van der Waals surface area contributed by atoms with E-state index in [0.717, 1.165) is 27.8 Å². The Bertz CT molecular complexity index is 942. The van der Waals surface area contributed by atoms with Crippen molar-refractivity contribution in [1.29, 1.82) is 0 Å². The number of rotatable bonds is 2. The van der Waals surface area contributed by atoms with Crippen LogP contribution in [0.25, 0.3) is 33.2 Å². The first-order valence-electron chi connectivity index (χ1n) is 6.73. The minimum atomic E-state index is 0.586. The number of nitrogens with zero attached hydrogens (tertiary/aromatic N) is 3. The first-order valence-corrected chi connectivity index (χ1v) is 6.73. The van der Waals surface area contributed by atoms with Gasteiger partial charge in [-0.25, -0.2) is 9.97 Å². The molecular weight excluding hydrogens is 262 g/mol. The number of benzene rings is 1. The Hall–Kier alpha value is -2.95. The average molecular weight is 275 g/mol. The van der Waals surface area contributed by atoms with Gasteiger partial charge in [-0.05, 0) is 18.2 Å². The number of pyridine rings is 1. The zero-order valence-corrected chi connectivity index (χ0v) is 11.5. The molecule has 0 atom stereocenters. The zero-order valence-electron chi connectivity index (χ0n) is 11.5. The van der Waals surface area contributed by atoms with E-state index in [1.807, 2.05) is 30.5 Å². The summed E-state index contributed by atoms with van der Waals surface area (Å²) in [4.78, 5) is 16.6. The average Bonchev–Trinajstić information content (AvgIpc) is 2.93. The van der Waals surface area contributed by atoms with Gasteiger partial charge < -0.3 is 10.3 Å². The molecule has 0 amide bonds. The largest absolute Gasteiger partial charge is 0.357 e. The van der Waals surface area contributed by atoms with Gasteiger partial charge in [0.1, 0.15) is 5.69 Å². The lowest BCUT2D eigenvalue weighted by molar-refractivity contribution is 1.14. The molecule has 21 heavy (non-hydrogen) atoms. The van der Waals surface area contributed by atoms with Crippen molar-refractivity contribution in [2.45, 2.75) is 0 Å². The summed E-state index contributed by atoms with van der Waals surface area (Å²) in [6, 6.07) is 12.1. The van der Waals surface area contributed by atoms with Crippen LogP contribution >= 0.6 is 0 Å². The highest BCUT2D eigenvalue weighted by atomic mass is 15.1. The van der Waals surface area contributed by atoms with E-state index in [-0.39, 0.29) is 0 Å². The monoisotopic (exact) mass is 275 g/mol. The summed E-state index contributed by atoms with van der Waals surface area (Å²) in [7, 11) is 1.80. The lowest BCUT2D eigenvalue weighted by atomic mass is 10.1. The fourth-order valence-corrected chi connectivity index (χ4v) is 2.58. The molecule has 0 aliphatic carbocycles. The van der Waals surface area contributed by atoms with Gasteiger partial charge in [0, 0.05) is 35.7 Å². The Morgan fingerprint density at radius 2 is 1.81 bits per heavy atom. The van der Waals surface area contributed by atoms with Gasteiger partial charge in [0.25, 0.3) is 0 Å². The van der Waals surface area contributed by atoms with Crippen LogP contribution in [-0.4, -0.2) is 27.0 Å². The van der Waals surface area contributed by atoms with Crippen molar-refractivity contribution in [3.63, 3.8) is 0 Å². The van der Waals surface area contributed by atoms with Crippen molar-refractivity contribution >= 4 is 27.8 Å². The number of fused-ring (bicyclic) bond motifs is 3. The van der Waals surface area contributed by atoms with E-state index in [2.05, 4.69) is 37.4 Å². The van der Waals surface area contributed by atoms with Gasteiger partial charge in [0.15, 0.2) is 0 Å². The number of aromatic amines is 1. The van der Waals surface area contributed by atoms with Crippen LogP contribution in [0.15, 0.2) is 48.8 Å². The molecule has 3 aromatic heterocycles. The molecule has 0 bridgehead atoms. The molecule has 0 fully saturated rings. The van der Waals surface area contributed by atoms with Crippen LogP contribution in [0.1, 0.15) is 0 Å². The zero-order chi connectivity index (χ0) is 14.2. The minimum absolute atomic E-state index is 0.586. The maximum atomic E-state index is 4.50. The molecule has 5 nitrogen and oxygen atoms in total. The van der Waals surface area contributed by atoms with E-state index in [9.17, 15) is 0 Å². The molecule has 0 saturated carbocycles. The van der Waals surface area contributed by atoms with E-state index in [4.69, 9.17) is 0 Å². The summed E-state index contributed by atoms with van der Waals surface area (Å²) in [5, 5.41) is 5.30. The van der Waals surface area contributed by atoms with Gasteiger partial charge in [0.05, 0.1) is 11.2 Å². The molecule has 0 unspecified atom stereocenters. The number of aromatic nitrogens is 4. The number of hydrogen-bond donors (Lipinski definition) is 2. The number of para-hydroxylation sites is 1. The quantitative estimate of drug-likeness (QED) is 0.589. The van der Waals surface area contributed by atoms with Gasteiger partial charge in [-0.2, -0.15) is 0 Å². The van der Waals surface area contributed by atoms with Crippen LogP contribution in [0.4, 0.5) is 5.95 Å². The summed E-state index contributed by atoms with van der Waals surface area (Å²) < 4.78 is 0. The summed E-state index contributed by atoms with van der Waals surface area (Å²) >= 11 is 0. The van der Waals surface area contributed by atoms with Crippen molar-refractivity contribution in [2.75, 3.05) is 12.4 Å². The molecule has 0 aliphatic rings.